The first-order valence-electron chi connectivity index (χ1n) is 8.37. The van der Waals surface area contributed by atoms with E-state index < -0.39 is 18.5 Å². The van der Waals surface area contributed by atoms with Crippen molar-refractivity contribution in [3.05, 3.63) is 71.6 Å². The summed E-state index contributed by atoms with van der Waals surface area (Å²) in [5.41, 5.74) is 2.19. The van der Waals surface area contributed by atoms with Crippen LogP contribution in [0.1, 0.15) is 5.56 Å². The Hall–Kier alpha value is -3.63. The monoisotopic (exact) mass is 392 g/mol. The highest BCUT2D eigenvalue weighted by atomic mass is 32.1. The summed E-state index contributed by atoms with van der Waals surface area (Å²) < 4.78 is 10.5. The van der Waals surface area contributed by atoms with Crippen LogP contribution in [0.4, 0.5) is 5.00 Å². The number of thiophene rings is 1. The molecule has 3 aromatic rings. The third-order valence-electron chi connectivity index (χ3n) is 3.72. The van der Waals surface area contributed by atoms with Crippen molar-refractivity contribution in [2.24, 2.45) is 0 Å². The van der Waals surface area contributed by atoms with E-state index in [2.05, 4.69) is 5.32 Å². The molecule has 1 aromatic heterocycles. The Morgan fingerprint density at radius 3 is 2.54 bits per heavy atom. The summed E-state index contributed by atoms with van der Waals surface area (Å²) >= 11 is 1.22. The first-order valence-corrected chi connectivity index (χ1v) is 9.25. The fraction of sp³-hybridized carbons (Fsp3) is 0.0952. The molecule has 6 nitrogen and oxygen atoms in total. The smallest absolute Gasteiger partial charge is 0.344 e. The van der Waals surface area contributed by atoms with Crippen molar-refractivity contribution >= 4 is 28.2 Å². The lowest BCUT2D eigenvalue weighted by Crippen LogP contribution is -2.23. The molecule has 1 N–H and O–H groups in total. The molecule has 0 saturated heterocycles. The summed E-state index contributed by atoms with van der Waals surface area (Å²) in [6.45, 7) is -0.773. The van der Waals surface area contributed by atoms with Crippen molar-refractivity contribution < 1.29 is 19.1 Å². The van der Waals surface area contributed by atoms with E-state index in [4.69, 9.17) is 14.7 Å². The molecule has 0 bridgehead atoms. The Balaban J connectivity index is 1.51. The maximum Gasteiger partial charge on any atom is 0.344 e. The lowest BCUT2D eigenvalue weighted by molar-refractivity contribution is -0.149. The number of amides is 1. The molecule has 1 heterocycles. The van der Waals surface area contributed by atoms with E-state index in [0.29, 0.717) is 16.3 Å². The molecule has 0 aliphatic carbocycles. The number of benzene rings is 2. The SMILES string of the molecule is N#Cc1ccsc1NC(=O)COC(=O)COc1ccccc1-c1ccccc1. The second-order valence-corrected chi connectivity index (χ2v) is 6.55. The van der Waals surface area contributed by atoms with E-state index >= 15 is 0 Å². The first-order chi connectivity index (χ1) is 13.7. The van der Waals surface area contributed by atoms with Crippen molar-refractivity contribution in [3.8, 4) is 22.9 Å². The first kappa shape index (κ1) is 19.1. The van der Waals surface area contributed by atoms with Crippen molar-refractivity contribution in [2.75, 3.05) is 18.5 Å². The second-order valence-electron chi connectivity index (χ2n) is 5.63. The van der Waals surface area contributed by atoms with Gasteiger partial charge in [-0.2, -0.15) is 5.26 Å². The zero-order valence-electron chi connectivity index (χ0n) is 14.8. The highest BCUT2D eigenvalue weighted by molar-refractivity contribution is 7.14. The van der Waals surface area contributed by atoms with Crippen LogP contribution in [0, 0.1) is 11.3 Å². The summed E-state index contributed by atoms with van der Waals surface area (Å²) in [7, 11) is 0. The summed E-state index contributed by atoms with van der Waals surface area (Å²) in [5.74, 6) is -0.631. The number of nitrogens with zero attached hydrogens (tertiary/aromatic N) is 1. The number of anilines is 1. The predicted molar refractivity (Wildman–Crippen MR) is 106 cm³/mol. The number of carbonyl (C=O) groups excluding carboxylic acids is 2. The van der Waals surface area contributed by atoms with E-state index in [1.165, 1.54) is 11.3 Å². The van der Waals surface area contributed by atoms with E-state index in [0.717, 1.165) is 11.1 Å². The van der Waals surface area contributed by atoms with Crippen LogP contribution in [-0.2, 0) is 14.3 Å². The number of ether oxygens (including phenoxy) is 2. The Morgan fingerprint density at radius 1 is 1.00 bits per heavy atom. The van der Waals surface area contributed by atoms with Gasteiger partial charge in [0.05, 0.1) is 5.56 Å². The van der Waals surface area contributed by atoms with Crippen LogP contribution >= 0.6 is 11.3 Å². The lowest BCUT2D eigenvalue weighted by atomic mass is 10.1. The van der Waals surface area contributed by atoms with Crippen LogP contribution in [0.3, 0.4) is 0 Å². The number of esters is 1. The van der Waals surface area contributed by atoms with Crippen molar-refractivity contribution in [2.45, 2.75) is 0 Å². The fourth-order valence-corrected chi connectivity index (χ4v) is 3.18. The molecule has 0 aliphatic rings. The third kappa shape index (κ3) is 4.96. The number of hydrogen-bond donors (Lipinski definition) is 1. The van der Waals surface area contributed by atoms with E-state index in [-0.39, 0.29) is 6.61 Å². The largest absolute Gasteiger partial charge is 0.481 e. The quantitative estimate of drug-likeness (QED) is 0.617. The molecule has 7 heteroatoms. The van der Waals surface area contributed by atoms with Gasteiger partial charge in [0.2, 0.25) is 0 Å². The van der Waals surface area contributed by atoms with Crippen molar-refractivity contribution in [1.82, 2.24) is 0 Å². The third-order valence-corrected chi connectivity index (χ3v) is 4.55. The maximum atomic E-state index is 11.9. The van der Waals surface area contributed by atoms with Crippen LogP contribution in [0.5, 0.6) is 5.75 Å². The van der Waals surface area contributed by atoms with E-state index in [1.54, 1.807) is 17.5 Å². The zero-order valence-corrected chi connectivity index (χ0v) is 15.6. The standard InChI is InChI=1S/C21H16N2O4S/c22-12-16-10-11-28-21(16)23-19(24)13-27-20(25)14-26-18-9-5-4-8-17(18)15-6-2-1-3-7-15/h1-11H,13-14H2,(H,23,24). The van der Waals surface area contributed by atoms with E-state index in [9.17, 15) is 9.59 Å². The highest BCUT2D eigenvalue weighted by Crippen LogP contribution is 2.29. The highest BCUT2D eigenvalue weighted by Gasteiger charge is 2.13. The van der Waals surface area contributed by atoms with Crippen LogP contribution in [0.15, 0.2) is 66.0 Å². The number of rotatable bonds is 7. The zero-order chi connectivity index (χ0) is 19.8. The molecule has 2 aromatic carbocycles. The molecule has 28 heavy (non-hydrogen) atoms. The van der Waals surface area contributed by atoms with Crippen molar-refractivity contribution in [1.29, 1.82) is 5.26 Å². The Morgan fingerprint density at radius 2 is 1.75 bits per heavy atom. The molecule has 140 valence electrons. The van der Waals surface area contributed by atoms with Gasteiger partial charge in [-0.05, 0) is 23.1 Å². The number of nitrogens with one attached hydrogen (secondary N) is 1. The molecule has 0 spiro atoms. The minimum Gasteiger partial charge on any atom is -0.481 e. The molecule has 0 unspecified atom stereocenters. The minimum atomic E-state index is -0.662. The van der Waals surface area contributed by atoms with Gasteiger partial charge in [0.25, 0.3) is 5.91 Å². The van der Waals surface area contributed by atoms with Crippen LogP contribution in [0.25, 0.3) is 11.1 Å². The minimum absolute atomic E-state index is 0.320. The Bertz CT molecular complexity index is 1010. The molecular weight excluding hydrogens is 376 g/mol. The predicted octanol–water partition coefficient (Wildman–Crippen LogP) is 3.85. The van der Waals surface area contributed by atoms with E-state index in [1.807, 2.05) is 54.6 Å². The number of nitriles is 1. The van der Waals surface area contributed by atoms with Gasteiger partial charge in [0.1, 0.15) is 16.8 Å². The van der Waals surface area contributed by atoms with Gasteiger partial charge in [-0.3, -0.25) is 4.79 Å². The summed E-state index contributed by atoms with van der Waals surface area (Å²) in [6, 6.07) is 20.6. The summed E-state index contributed by atoms with van der Waals surface area (Å²) in [4.78, 5) is 23.8. The molecule has 0 atom stereocenters. The van der Waals surface area contributed by atoms with Gasteiger partial charge in [-0.25, -0.2) is 4.79 Å². The topological polar surface area (TPSA) is 88.4 Å². The molecule has 0 saturated carbocycles. The Kier molecular flexibility index (Phi) is 6.39. The molecule has 1 amide bonds. The lowest BCUT2D eigenvalue weighted by Gasteiger charge is -2.11. The van der Waals surface area contributed by atoms with Gasteiger partial charge in [0.15, 0.2) is 13.2 Å². The van der Waals surface area contributed by atoms with Gasteiger partial charge in [0, 0.05) is 5.56 Å². The van der Waals surface area contributed by atoms with Crippen molar-refractivity contribution in [3.63, 3.8) is 0 Å². The summed E-state index contributed by atoms with van der Waals surface area (Å²) in [6.07, 6.45) is 0. The molecule has 0 radical (unpaired) electrons. The normalized spacial score (nSPS) is 9.96. The van der Waals surface area contributed by atoms with Crippen LogP contribution in [-0.4, -0.2) is 25.1 Å². The van der Waals surface area contributed by atoms with Crippen LogP contribution < -0.4 is 10.1 Å². The average Bonchev–Trinajstić information content (AvgIpc) is 3.18. The molecule has 0 aliphatic heterocycles. The molecular formula is C21H16N2O4S. The van der Waals surface area contributed by atoms with Gasteiger partial charge in [-0.1, -0.05) is 48.5 Å². The summed E-state index contributed by atoms with van der Waals surface area (Å²) in [5, 5.41) is 13.6. The maximum absolute atomic E-state index is 11.9. The van der Waals surface area contributed by atoms with Crippen LogP contribution in [0.2, 0.25) is 0 Å². The Labute approximate surface area is 166 Å². The fourth-order valence-electron chi connectivity index (χ4n) is 2.43. The number of carbonyl (C=O) groups is 2. The number of hydrogen-bond acceptors (Lipinski definition) is 6. The second kappa shape index (κ2) is 9.35. The van der Waals surface area contributed by atoms with Gasteiger partial charge < -0.3 is 14.8 Å². The number of para-hydroxylation sites is 1. The van der Waals surface area contributed by atoms with Gasteiger partial charge in [-0.15, -0.1) is 11.3 Å². The van der Waals surface area contributed by atoms with Gasteiger partial charge >= 0.3 is 5.97 Å². The molecule has 0 fully saturated rings. The average molecular weight is 392 g/mol. The molecule has 3 rings (SSSR count).